The summed E-state index contributed by atoms with van der Waals surface area (Å²) in [6, 6.07) is 1.88. The number of hydrogen-bond acceptors (Lipinski definition) is 8. The third-order valence-corrected chi connectivity index (χ3v) is 5.97. The summed E-state index contributed by atoms with van der Waals surface area (Å²) in [5.74, 6) is -4.75. The first-order chi connectivity index (χ1) is 15.8. The zero-order valence-electron chi connectivity index (χ0n) is 17.3. The van der Waals surface area contributed by atoms with Crippen LogP contribution in [0, 0.1) is 17.5 Å². The van der Waals surface area contributed by atoms with Crippen LogP contribution >= 0.6 is 11.6 Å². The fraction of sp³-hybridized carbons (Fsp3) is 0.200. The maximum atomic E-state index is 15.0. The maximum absolute atomic E-state index is 15.0. The third-order valence-electron chi connectivity index (χ3n) is 5.16. The molecule has 1 aliphatic rings. The lowest BCUT2D eigenvalue weighted by Gasteiger charge is -2.39. The molecule has 4 N–H and O–H groups in total. The SMILES string of the molecule is CS(=O)(=O)OC(=O)c1cn(-c2cc(N)c(F)cc2F)c2c(Cl)c(N3CC(N)C3)c(F)cc2c1=O. The van der Waals surface area contributed by atoms with Crippen molar-refractivity contribution in [2.24, 2.45) is 5.73 Å². The molecule has 0 radical (unpaired) electrons. The molecular weight excluding hydrogens is 501 g/mol. The van der Waals surface area contributed by atoms with Crippen molar-refractivity contribution < 1.29 is 30.6 Å². The second kappa shape index (κ2) is 8.18. The van der Waals surface area contributed by atoms with E-state index in [1.807, 2.05) is 0 Å². The summed E-state index contributed by atoms with van der Waals surface area (Å²) in [4.78, 5) is 26.9. The number of rotatable bonds is 4. The Labute approximate surface area is 195 Å². The molecule has 1 saturated heterocycles. The van der Waals surface area contributed by atoms with Crippen LogP contribution in [0.3, 0.4) is 0 Å². The lowest BCUT2D eigenvalue weighted by atomic mass is 10.0. The van der Waals surface area contributed by atoms with Crippen molar-refractivity contribution in [3.63, 3.8) is 0 Å². The van der Waals surface area contributed by atoms with Crippen molar-refractivity contribution in [3.05, 3.63) is 62.7 Å². The monoisotopic (exact) mass is 516 g/mol. The Hall–Kier alpha value is -3.29. The second-order valence-corrected chi connectivity index (χ2v) is 9.68. The zero-order chi connectivity index (χ0) is 25.1. The number of halogens is 4. The van der Waals surface area contributed by atoms with Crippen LogP contribution in [0.1, 0.15) is 10.4 Å². The number of pyridine rings is 1. The van der Waals surface area contributed by atoms with Gasteiger partial charge in [0.15, 0.2) is 0 Å². The van der Waals surface area contributed by atoms with Gasteiger partial charge >= 0.3 is 16.1 Å². The maximum Gasteiger partial charge on any atom is 0.359 e. The first kappa shape index (κ1) is 23.9. The molecule has 2 aromatic carbocycles. The molecule has 14 heteroatoms. The molecule has 34 heavy (non-hydrogen) atoms. The molecule has 0 amide bonds. The summed E-state index contributed by atoms with van der Waals surface area (Å²) >= 11 is 6.47. The van der Waals surface area contributed by atoms with Crippen molar-refractivity contribution in [2.75, 3.05) is 30.0 Å². The number of aromatic nitrogens is 1. The minimum Gasteiger partial charge on any atom is -0.396 e. The van der Waals surface area contributed by atoms with Crippen LogP contribution in [-0.2, 0) is 14.3 Å². The average Bonchev–Trinajstić information content (AvgIpc) is 2.69. The van der Waals surface area contributed by atoms with E-state index in [0.717, 1.165) is 22.9 Å². The molecule has 1 aliphatic heterocycles. The van der Waals surface area contributed by atoms with E-state index in [0.29, 0.717) is 12.3 Å². The summed E-state index contributed by atoms with van der Waals surface area (Å²) in [5, 5.41) is -0.800. The molecule has 0 saturated carbocycles. The lowest BCUT2D eigenvalue weighted by Crippen LogP contribution is -2.56. The minimum absolute atomic E-state index is 0.119. The molecule has 3 aromatic rings. The summed E-state index contributed by atoms with van der Waals surface area (Å²) in [5.41, 5.74) is 8.06. The molecule has 0 atom stereocenters. The number of benzene rings is 2. The molecule has 2 heterocycles. The van der Waals surface area contributed by atoms with Gasteiger partial charge in [-0.3, -0.25) is 4.79 Å². The van der Waals surface area contributed by atoms with E-state index < -0.39 is 61.3 Å². The summed E-state index contributed by atoms with van der Waals surface area (Å²) in [7, 11) is -4.33. The largest absolute Gasteiger partial charge is 0.396 e. The van der Waals surface area contributed by atoms with Crippen LogP contribution in [0.15, 0.2) is 29.2 Å². The smallest absolute Gasteiger partial charge is 0.359 e. The molecule has 0 spiro atoms. The fourth-order valence-corrected chi connectivity index (χ4v) is 4.41. The molecule has 1 aromatic heterocycles. The van der Waals surface area contributed by atoms with E-state index in [1.54, 1.807) is 0 Å². The topological polar surface area (TPSA) is 138 Å². The second-order valence-electron chi connectivity index (χ2n) is 7.72. The van der Waals surface area contributed by atoms with Gasteiger partial charge in [0.05, 0.1) is 39.2 Å². The van der Waals surface area contributed by atoms with Crippen LogP contribution in [-0.4, -0.2) is 44.3 Å². The lowest BCUT2D eigenvalue weighted by molar-refractivity contribution is 0.0746. The van der Waals surface area contributed by atoms with Crippen molar-refractivity contribution in [1.29, 1.82) is 0 Å². The van der Waals surface area contributed by atoms with Gasteiger partial charge < -0.3 is 25.1 Å². The van der Waals surface area contributed by atoms with Crippen LogP contribution in [0.5, 0.6) is 0 Å². The van der Waals surface area contributed by atoms with Gasteiger partial charge in [-0.25, -0.2) is 18.0 Å². The van der Waals surface area contributed by atoms with Crippen molar-refractivity contribution >= 4 is 50.0 Å². The minimum atomic E-state index is -4.33. The Bertz CT molecular complexity index is 1540. The predicted octanol–water partition coefficient (Wildman–Crippen LogP) is 1.91. The standard InChI is InChI=1S/C20H16ClF3N4O5S/c1-34(31,32)33-20(30)10-7-28(15-4-14(26)11(22)3-12(15)23)17-9(19(10)29)2-13(24)18(16(17)21)27-5-8(25)6-27/h2-4,7-8H,5-6,25-26H2,1H3. The third kappa shape index (κ3) is 4.06. The number of nitrogens with zero attached hydrogens (tertiary/aromatic N) is 2. The molecular formula is C20H16ClF3N4O5S. The molecule has 9 nitrogen and oxygen atoms in total. The molecule has 0 aliphatic carbocycles. The number of nitrogen functional groups attached to an aromatic ring is 1. The highest BCUT2D eigenvalue weighted by atomic mass is 35.5. The number of hydrogen-bond donors (Lipinski definition) is 2. The van der Waals surface area contributed by atoms with E-state index in [1.165, 1.54) is 4.90 Å². The summed E-state index contributed by atoms with van der Waals surface area (Å²) in [6.45, 7) is 0.506. The van der Waals surface area contributed by atoms with Gasteiger partial charge in [0.1, 0.15) is 23.0 Å². The van der Waals surface area contributed by atoms with E-state index in [2.05, 4.69) is 4.18 Å². The van der Waals surface area contributed by atoms with Crippen LogP contribution in [0.2, 0.25) is 5.02 Å². The summed E-state index contributed by atoms with van der Waals surface area (Å²) in [6.07, 6.45) is 1.34. The predicted molar refractivity (Wildman–Crippen MR) is 119 cm³/mol. The van der Waals surface area contributed by atoms with Crippen molar-refractivity contribution in [1.82, 2.24) is 4.57 Å². The van der Waals surface area contributed by atoms with Gasteiger partial charge in [0.2, 0.25) is 5.43 Å². The van der Waals surface area contributed by atoms with Crippen LogP contribution in [0.25, 0.3) is 16.6 Å². The van der Waals surface area contributed by atoms with Gasteiger partial charge in [-0.15, -0.1) is 0 Å². The van der Waals surface area contributed by atoms with Crippen LogP contribution in [0.4, 0.5) is 24.5 Å². The highest BCUT2D eigenvalue weighted by Gasteiger charge is 2.31. The van der Waals surface area contributed by atoms with E-state index in [4.69, 9.17) is 23.1 Å². The molecule has 0 bridgehead atoms. The van der Waals surface area contributed by atoms with Gasteiger partial charge in [-0.05, 0) is 12.1 Å². The average molecular weight is 517 g/mol. The van der Waals surface area contributed by atoms with Crippen molar-refractivity contribution in [2.45, 2.75) is 6.04 Å². The highest BCUT2D eigenvalue weighted by molar-refractivity contribution is 7.86. The zero-order valence-corrected chi connectivity index (χ0v) is 18.9. The van der Waals surface area contributed by atoms with Gasteiger partial charge in [0.25, 0.3) is 0 Å². The number of carbonyl (C=O) groups excluding carboxylic acids is 1. The van der Waals surface area contributed by atoms with E-state index in [9.17, 15) is 26.8 Å². The highest BCUT2D eigenvalue weighted by Crippen LogP contribution is 2.38. The van der Waals surface area contributed by atoms with E-state index >= 15 is 4.39 Å². The number of carbonyl (C=O) groups is 1. The quantitative estimate of drug-likeness (QED) is 0.396. The number of fused-ring (bicyclic) bond motifs is 1. The molecule has 0 unspecified atom stereocenters. The van der Waals surface area contributed by atoms with E-state index in [-0.39, 0.29) is 35.4 Å². The normalized spacial score (nSPS) is 14.4. The summed E-state index contributed by atoms with van der Waals surface area (Å²) < 4.78 is 71.6. The van der Waals surface area contributed by atoms with Crippen molar-refractivity contribution in [3.8, 4) is 5.69 Å². The number of anilines is 2. The first-order valence-electron chi connectivity index (χ1n) is 9.55. The first-order valence-corrected chi connectivity index (χ1v) is 11.7. The van der Waals surface area contributed by atoms with Crippen LogP contribution < -0.4 is 21.8 Å². The Morgan fingerprint density at radius 3 is 2.38 bits per heavy atom. The molecule has 180 valence electrons. The Morgan fingerprint density at radius 2 is 1.79 bits per heavy atom. The number of nitrogens with two attached hydrogens (primary N) is 2. The molecule has 1 fully saturated rings. The van der Waals surface area contributed by atoms with Gasteiger partial charge in [-0.2, -0.15) is 8.42 Å². The Balaban J connectivity index is 2.11. The Kier molecular flexibility index (Phi) is 5.74. The van der Waals surface area contributed by atoms with Gasteiger partial charge in [-0.1, -0.05) is 11.6 Å². The fourth-order valence-electron chi connectivity index (χ4n) is 3.65. The molecule has 4 rings (SSSR count). The van der Waals surface area contributed by atoms with Gasteiger partial charge in [0, 0.05) is 31.4 Å². The Morgan fingerprint density at radius 1 is 1.15 bits per heavy atom.